The summed E-state index contributed by atoms with van der Waals surface area (Å²) in [6.07, 6.45) is 1.79. The summed E-state index contributed by atoms with van der Waals surface area (Å²) < 4.78 is 0. The van der Waals surface area contributed by atoms with Crippen molar-refractivity contribution in [3.8, 4) is 10.6 Å². The number of carbonyl (C=O) groups excluding carboxylic acids is 1. The zero-order valence-electron chi connectivity index (χ0n) is 13.7. The molecule has 1 amide bonds. The number of rotatable bonds is 5. The summed E-state index contributed by atoms with van der Waals surface area (Å²) in [5, 5.41) is 5.91. The molecule has 0 saturated carbocycles. The number of benzene rings is 2. The van der Waals surface area contributed by atoms with Crippen molar-refractivity contribution in [2.45, 2.75) is 6.54 Å². The van der Waals surface area contributed by atoms with Crippen molar-refractivity contribution in [2.75, 3.05) is 19.0 Å². The highest BCUT2D eigenvalue weighted by atomic mass is 32.1. The van der Waals surface area contributed by atoms with Gasteiger partial charge in [-0.1, -0.05) is 24.3 Å². The molecule has 3 aromatic rings. The largest absolute Gasteiger partial charge is 0.378 e. The van der Waals surface area contributed by atoms with Gasteiger partial charge in [-0.05, 0) is 29.8 Å². The van der Waals surface area contributed by atoms with Gasteiger partial charge in [0.25, 0.3) is 5.91 Å². The van der Waals surface area contributed by atoms with Crippen LogP contribution in [0.5, 0.6) is 0 Å². The maximum Gasteiger partial charge on any atom is 0.251 e. The molecule has 4 nitrogen and oxygen atoms in total. The van der Waals surface area contributed by atoms with Gasteiger partial charge >= 0.3 is 0 Å². The fourth-order valence-electron chi connectivity index (χ4n) is 2.43. The topological polar surface area (TPSA) is 45.2 Å². The van der Waals surface area contributed by atoms with Crippen LogP contribution in [0, 0.1) is 0 Å². The van der Waals surface area contributed by atoms with Crippen LogP contribution in [0.1, 0.15) is 15.9 Å². The number of hydrogen-bond donors (Lipinski definition) is 1. The Morgan fingerprint density at radius 2 is 1.88 bits per heavy atom. The van der Waals surface area contributed by atoms with Crippen molar-refractivity contribution < 1.29 is 4.79 Å². The zero-order chi connectivity index (χ0) is 16.9. The molecule has 5 heteroatoms. The van der Waals surface area contributed by atoms with Crippen molar-refractivity contribution in [3.63, 3.8) is 0 Å². The first-order valence-corrected chi connectivity index (χ1v) is 8.56. The molecule has 0 atom stereocenters. The second kappa shape index (κ2) is 7.27. The van der Waals surface area contributed by atoms with Gasteiger partial charge in [-0.2, -0.15) is 0 Å². The Bertz CT molecular complexity index is 811. The van der Waals surface area contributed by atoms with E-state index in [0.29, 0.717) is 12.1 Å². The minimum absolute atomic E-state index is 0.0748. The molecule has 0 unspecified atom stereocenters. The molecule has 1 N–H and O–H groups in total. The molecular formula is C19H19N3OS. The van der Waals surface area contributed by atoms with Gasteiger partial charge in [0.05, 0.1) is 0 Å². The van der Waals surface area contributed by atoms with Gasteiger partial charge < -0.3 is 10.2 Å². The van der Waals surface area contributed by atoms with Gasteiger partial charge in [-0.3, -0.25) is 4.79 Å². The zero-order valence-corrected chi connectivity index (χ0v) is 14.5. The van der Waals surface area contributed by atoms with Crippen molar-refractivity contribution in [3.05, 3.63) is 71.2 Å². The Labute approximate surface area is 145 Å². The van der Waals surface area contributed by atoms with Gasteiger partial charge in [-0.15, -0.1) is 11.3 Å². The molecule has 3 rings (SSSR count). The Morgan fingerprint density at radius 1 is 1.12 bits per heavy atom. The second-order valence-corrected chi connectivity index (χ2v) is 6.51. The lowest BCUT2D eigenvalue weighted by Gasteiger charge is -2.13. The summed E-state index contributed by atoms with van der Waals surface area (Å²) in [4.78, 5) is 18.7. The van der Waals surface area contributed by atoms with Gasteiger partial charge in [-0.25, -0.2) is 4.98 Å². The lowest BCUT2D eigenvalue weighted by molar-refractivity contribution is 0.0951. The first-order chi connectivity index (χ1) is 11.6. The number of thiazole rings is 1. The molecule has 0 fully saturated rings. The normalized spacial score (nSPS) is 10.4. The smallest absolute Gasteiger partial charge is 0.251 e. The van der Waals surface area contributed by atoms with Crippen LogP contribution in [0.3, 0.4) is 0 Å². The van der Waals surface area contributed by atoms with Crippen LogP contribution < -0.4 is 10.2 Å². The predicted molar refractivity (Wildman–Crippen MR) is 99.5 cm³/mol. The number of anilines is 1. The molecule has 0 aliphatic heterocycles. The summed E-state index contributed by atoms with van der Waals surface area (Å²) in [5.41, 5.74) is 3.86. The molecule has 0 spiro atoms. The molecule has 24 heavy (non-hydrogen) atoms. The molecule has 0 radical (unpaired) electrons. The van der Waals surface area contributed by atoms with Crippen LogP contribution in [0.4, 0.5) is 5.69 Å². The summed E-state index contributed by atoms with van der Waals surface area (Å²) in [5.74, 6) is -0.0748. The summed E-state index contributed by atoms with van der Waals surface area (Å²) in [6, 6.07) is 15.6. The molecule has 0 saturated heterocycles. The number of carbonyl (C=O) groups is 1. The first-order valence-electron chi connectivity index (χ1n) is 7.68. The van der Waals surface area contributed by atoms with Gasteiger partial charge in [0.15, 0.2) is 0 Å². The number of nitrogens with zero attached hydrogens (tertiary/aromatic N) is 2. The third-order valence-corrected chi connectivity index (χ3v) is 4.57. The van der Waals surface area contributed by atoms with E-state index in [1.165, 1.54) is 0 Å². The van der Waals surface area contributed by atoms with Crippen LogP contribution in [0.2, 0.25) is 0 Å². The highest BCUT2D eigenvalue weighted by Crippen LogP contribution is 2.25. The van der Waals surface area contributed by atoms with E-state index in [1.54, 1.807) is 17.5 Å². The van der Waals surface area contributed by atoms with Gasteiger partial charge in [0.1, 0.15) is 5.01 Å². The van der Waals surface area contributed by atoms with Crippen molar-refractivity contribution in [2.24, 2.45) is 0 Å². The first kappa shape index (κ1) is 16.2. The van der Waals surface area contributed by atoms with Gasteiger partial charge in [0, 0.05) is 49.0 Å². The Kier molecular flexibility index (Phi) is 4.91. The molecule has 0 bridgehead atoms. The Balaban J connectivity index is 1.71. The van der Waals surface area contributed by atoms with E-state index in [1.807, 2.05) is 72.9 Å². The molecule has 0 aliphatic rings. The van der Waals surface area contributed by atoms with Crippen molar-refractivity contribution in [1.29, 1.82) is 0 Å². The average molecular weight is 337 g/mol. The number of nitrogens with one attached hydrogen (secondary N) is 1. The van der Waals surface area contributed by atoms with Crippen LogP contribution in [-0.4, -0.2) is 25.0 Å². The van der Waals surface area contributed by atoms with E-state index in [4.69, 9.17) is 0 Å². The maximum atomic E-state index is 12.4. The molecule has 0 aliphatic carbocycles. The Morgan fingerprint density at radius 3 is 2.54 bits per heavy atom. The van der Waals surface area contributed by atoms with E-state index < -0.39 is 0 Å². The fraction of sp³-hybridized carbons (Fsp3) is 0.158. The van der Waals surface area contributed by atoms with E-state index in [9.17, 15) is 4.79 Å². The predicted octanol–water partition coefficient (Wildman–Crippen LogP) is 3.81. The fourth-order valence-corrected chi connectivity index (χ4v) is 3.13. The minimum Gasteiger partial charge on any atom is -0.378 e. The highest BCUT2D eigenvalue weighted by Gasteiger charge is 2.10. The number of amides is 1. The summed E-state index contributed by atoms with van der Waals surface area (Å²) >= 11 is 1.60. The maximum absolute atomic E-state index is 12.4. The minimum atomic E-state index is -0.0748. The molecule has 1 aromatic heterocycles. The van der Waals surface area contributed by atoms with Crippen molar-refractivity contribution in [1.82, 2.24) is 10.3 Å². The summed E-state index contributed by atoms with van der Waals surface area (Å²) in [6.45, 7) is 0.476. The van der Waals surface area contributed by atoms with Crippen LogP contribution >= 0.6 is 11.3 Å². The van der Waals surface area contributed by atoms with Crippen LogP contribution in [0.15, 0.2) is 60.1 Å². The molecule has 1 heterocycles. The highest BCUT2D eigenvalue weighted by molar-refractivity contribution is 7.13. The van der Waals surface area contributed by atoms with Crippen LogP contribution in [-0.2, 0) is 6.54 Å². The molecule has 2 aromatic carbocycles. The third-order valence-electron chi connectivity index (χ3n) is 3.77. The SMILES string of the molecule is CN(C)c1ccc(C(=O)NCc2ccccc2-c2nccs2)cc1. The lowest BCUT2D eigenvalue weighted by Crippen LogP contribution is -2.23. The van der Waals surface area contributed by atoms with E-state index >= 15 is 0 Å². The Hall–Kier alpha value is -2.66. The quantitative estimate of drug-likeness (QED) is 0.770. The number of aromatic nitrogens is 1. The van der Waals surface area contributed by atoms with Gasteiger partial charge in [0.2, 0.25) is 0 Å². The van der Waals surface area contributed by atoms with Crippen molar-refractivity contribution >= 4 is 22.9 Å². The molecule has 122 valence electrons. The molecular weight excluding hydrogens is 318 g/mol. The average Bonchev–Trinajstić information content (AvgIpc) is 3.14. The van der Waals surface area contributed by atoms with E-state index in [0.717, 1.165) is 21.8 Å². The monoisotopic (exact) mass is 337 g/mol. The second-order valence-electron chi connectivity index (χ2n) is 5.62. The van der Waals surface area contributed by atoms with E-state index in [-0.39, 0.29) is 5.91 Å². The van der Waals surface area contributed by atoms with E-state index in [2.05, 4.69) is 10.3 Å². The third kappa shape index (κ3) is 3.63. The lowest BCUT2D eigenvalue weighted by atomic mass is 10.1. The number of hydrogen-bond acceptors (Lipinski definition) is 4. The summed E-state index contributed by atoms with van der Waals surface area (Å²) in [7, 11) is 3.95. The standard InChI is InChI=1S/C19H19N3OS/c1-22(2)16-9-7-14(8-10-16)18(23)21-13-15-5-3-4-6-17(15)19-20-11-12-24-19/h3-12H,13H2,1-2H3,(H,21,23). The van der Waals surface area contributed by atoms with Crippen LogP contribution in [0.25, 0.3) is 10.6 Å².